The molecule has 2 heterocycles. The zero-order chi connectivity index (χ0) is 23.8. The van der Waals surface area contributed by atoms with Crippen molar-refractivity contribution >= 4 is 50.7 Å². The number of aromatic nitrogens is 1. The number of fused-ring (bicyclic) bond motifs is 1. The first kappa shape index (κ1) is 23.5. The highest BCUT2D eigenvalue weighted by Gasteiger charge is 2.33. The number of hydrogen-bond donors (Lipinski definition) is 2. The molecule has 1 fully saturated rings. The molecule has 0 spiro atoms. The maximum atomic E-state index is 13.0. The van der Waals surface area contributed by atoms with Gasteiger partial charge < -0.3 is 10.6 Å². The number of thiophene rings is 1. The van der Waals surface area contributed by atoms with Gasteiger partial charge in [-0.3, -0.25) is 9.59 Å². The van der Waals surface area contributed by atoms with Gasteiger partial charge in [0.05, 0.1) is 15.5 Å². The predicted molar refractivity (Wildman–Crippen MR) is 123 cm³/mol. The van der Waals surface area contributed by atoms with E-state index in [9.17, 15) is 22.8 Å². The average molecular weight is 496 g/mol. The lowest BCUT2D eigenvalue weighted by atomic mass is 9.95. The van der Waals surface area contributed by atoms with E-state index < -0.39 is 17.8 Å². The van der Waals surface area contributed by atoms with E-state index in [0.717, 1.165) is 43.1 Å². The molecule has 1 aromatic carbocycles. The summed E-state index contributed by atoms with van der Waals surface area (Å²) >= 11 is 7.11. The Morgan fingerprint density at radius 3 is 2.52 bits per heavy atom. The quantitative estimate of drug-likeness (QED) is 0.429. The van der Waals surface area contributed by atoms with Crippen LogP contribution in [0.5, 0.6) is 0 Å². The minimum absolute atomic E-state index is 0.107. The molecule has 0 unspecified atom stereocenters. The molecule has 0 bridgehead atoms. The SMILES string of the molecule is Cc1c(C(=O)Nc2ccc(Cl)c(C(=O)NC3CCCCC3)c2)sc2nc(C(F)(F)F)ccc12. The first-order chi connectivity index (χ1) is 15.6. The van der Waals surface area contributed by atoms with Crippen molar-refractivity contribution in [3.8, 4) is 0 Å². The molecule has 174 valence electrons. The smallest absolute Gasteiger partial charge is 0.349 e. The lowest BCUT2D eigenvalue weighted by Crippen LogP contribution is -2.36. The van der Waals surface area contributed by atoms with E-state index >= 15 is 0 Å². The summed E-state index contributed by atoms with van der Waals surface area (Å²) in [5.41, 5.74) is 0.149. The highest BCUT2D eigenvalue weighted by atomic mass is 35.5. The number of carbonyl (C=O) groups excluding carboxylic acids is 2. The molecule has 0 saturated heterocycles. The summed E-state index contributed by atoms with van der Waals surface area (Å²) in [4.78, 5) is 29.7. The van der Waals surface area contributed by atoms with Gasteiger partial charge in [0.15, 0.2) is 0 Å². The highest BCUT2D eigenvalue weighted by molar-refractivity contribution is 7.20. The molecule has 2 amide bonds. The Hall–Kier alpha value is -2.65. The second-order valence-electron chi connectivity index (χ2n) is 8.06. The highest BCUT2D eigenvalue weighted by Crippen LogP contribution is 2.34. The average Bonchev–Trinajstić information content (AvgIpc) is 3.11. The summed E-state index contributed by atoms with van der Waals surface area (Å²) in [6.45, 7) is 1.66. The van der Waals surface area contributed by atoms with E-state index in [1.54, 1.807) is 13.0 Å². The lowest BCUT2D eigenvalue weighted by Gasteiger charge is -2.23. The van der Waals surface area contributed by atoms with Gasteiger partial charge in [-0.1, -0.05) is 30.9 Å². The number of pyridine rings is 1. The second kappa shape index (κ2) is 9.30. The normalized spacial score (nSPS) is 14.9. The lowest BCUT2D eigenvalue weighted by molar-refractivity contribution is -0.140. The standard InChI is InChI=1S/C23H21ClF3N3O2S/c1-12-15-8-10-18(23(25,26)27)30-22(15)33-19(12)21(32)29-14-7-9-17(24)16(11-14)20(31)28-13-5-3-2-4-6-13/h7-11,13H,2-6H2,1H3,(H,28,31)(H,29,32). The van der Waals surface area contributed by atoms with Crippen molar-refractivity contribution in [2.24, 2.45) is 0 Å². The van der Waals surface area contributed by atoms with Crippen molar-refractivity contribution in [3.63, 3.8) is 0 Å². The number of benzene rings is 1. The fourth-order valence-corrected chi connectivity index (χ4v) is 5.23. The molecule has 1 saturated carbocycles. The Morgan fingerprint density at radius 2 is 1.82 bits per heavy atom. The third-order valence-corrected chi connectivity index (χ3v) is 7.24. The maximum Gasteiger partial charge on any atom is 0.433 e. The van der Waals surface area contributed by atoms with Crippen molar-refractivity contribution in [3.05, 3.63) is 57.1 Å². The number of alkyl halides is 3. The van der Waals surface area contributed by atoms with Crippen molar-refractivity contribution in [2.45, 2.75) is 51.2 Å². The molecule has 3 aromatic rings. The summed E-state index contributed by atoms with van der Waals surface area (Å²) in [7, 11) is 0. The molecule has 0 atom stereocenters. The monoisotopic (exact) mass is 495 g/mol. The van der Waals surface area contributed by atoms with Crippen LogP contribution in [0.25, 0.3) is 10.2 Å². The second-order valence-corrected chi connectivity index (χ2v) is 9.47. The van der Waals surface area contributed by atoms with Crippen LogP contribution < -0.4 is 10.6 Å². The number of halogens is 4. The number of amides is 2. The Morgan fingerprint density at radius 1 is 1.09 bits per heavy atom. The van der Waals surface area contributed by atoms with Gasteiger partial charge in [-0.25, -0.2) is 4.98 Å². The van der Waals surface area contributed by atoms with Crippen LogP contribution in [0.3, 0.4) is 0 Å². The number of hydrogen-bond acceptors (Lipinski definition) is 4. The Labute approximate surface area is 197 Å². The van der Waals surface area contributed by atoms with Crippen LogP contribution in [-0.2, 0) is 6.18 Å². The number of aryl methyl sites for hydroxylation is 1. The van der Waals surface area contributed by atoms with E-state index in [1.807, 2.05) is 0 Å². The molecular formula is C23H21ClF3N3O2S. The van der Waals surface area contributed by atoms with E-state index in [4.69, 9.17) is 11.6 Å². The van der Waals surface area contributed by atoms with Crippen LogP contribution in [0.4, 0.5) is 18.9 Å². The Balaban J connectivity index is 1.54. The van der Waals surface area contributed by atoms with Crippen molar-refractivity contribution < 1.29 is 22.8 Å². The molecular weight excluding hydrogens is 475 g/mol. The summed E-state index contributed by atoms with van der Waals surface area (Å²) < 4.78 is 38.9. The number of carbonyl (C=O) groups is 2. The molecule has 4 rings (SSSR count). The third kappa shape index (κ3) is 5.14. The van der Waals surface area contributed by atoms with Gasteiger partial charge in [0.25, 0.3) is 11.8 Å². The van der Waals surface area contributed by atoms with E-state index in [1.165, 1.54) is 24.6 Å². The molecule has 2 N–H and O–H groups in total. The molecule has 10 heteroatoms. The van der Waals surface area contributed by atoms with Gasteiger partial charge in [-0.2, -0.15) is 13.2 Å². The first-order valence-electron chi connectivity index (χ1n) is 10.5. The maximum absolute atomic E-state index is 13.0. The van der Waals surface area contributed by atoms with Crippen LogP contribution in [0.2, 0.25) is 5.02 Å². The zero-order valence-corrected chi connectivity index (χ0v) is 19.3. The van der Waals surface area contributed by atoms with Gasteiger partial charge in [0.2, 0.25) is 0 Å². The van der Waals surface area contributed by atoms with Crippen molar-refractivity contribution in [2.75, 3.05) is 5.32 Å². The topological polar surface area (TPSA) is 71.1 Å². The molecule has 1 aliphatic carbocycles. The minimum atomic E-state index is -4.56. The Kier molecular flexibility index (Phi) is 6.63. The summed E-state index contributed by atoms with van der Waals surface area (Å²) in [5.74, 6) is -0.796. The number of rotatable bonds is 4. The molecule has 1 aliphatic rings. The first-order valence-corrected chi connectivity index (χ1v) is 11.7. The summed E-state index contributed by atoms with van der Waals surface area (Å²) in [6, 6.07) is 6.93. The molecule has 2 aromatic heterocycles. The number of nitrogens with one attached hydrogen (secondary N) is 2. The fraction of sp³-hybridized carbons (Fsp3) is 0.348. The van der Waals surface area contributed by atoms with Crippen LogP contribution in [0, 0.1) is 6.92 Å². The minimum Gasteiger partial charge on any atom is -0.349 e. The number of nitrogens with zero attached hydrogens (tertiary/aromatic N) is 1. The van der Waals surface area contributed by atoms with Gasteiger partial charge in [-0.15, -0.1) is 11.3 Å². The van der Waals surface area contributed by atoms with Gasteiger partial charge in [-0.05, 0) is 55.7 Å². The predicted octanol–water partition coefficient (Wildman–Crippen LogP) is 6.59. The summed E-state index contributed by atoms with van der Waals surface area (Å²) in [6.07, 6.45) is 0.598. The third-order valence-electron chi connectivity index (χ3n) is 5.71. The van der Waals surface area contributed by atoms with Gasteiger partial charge in [0, 0.05) is 17.1 Å². The van der Waals surface area contributed by atoms with Crippen molar-refractivity contribution in [1.29, 1.82) is 0 Å². The molecule has 33 heavy (non-hydrogen) atoms. The van der Waals surface area contributed by atoms with Gasteiger partial charge in [0.1, 0.15) is 10.5 Å². The van der Waals surface area contributed by atoms with Crippen LogP contribution in [-0.4, -0.2) is 22.8 Å². The van der Waals surface area contributed by atoms with Gasteiger partial charge >= 0.3 is 6.18 Å². The fourth-order valence-electron chi connectivity index (χ4n) is 3.95. The zero-order valence-electron chi connectivity index (χ0n) is 17.7. The van der Waals surface area contributed by atoms with Crippen LogP contribution >= 0.6 is 22.9 Å². The molecule has 0 radical (unpaired) electrons. The van der Waals surface area contributed by atoms with E-state index in [-0.39, 0.29) is 32.2 Å². The van der Waals surface area contributed by atoms with E-state index in [2.05, 4.69) is 15.6 Å². The largest absolute Gasteiger partial charge is 0.433 e. The van der Waals surface area contributed by atoms with Crippen molar-refractivity contribution in [1.82, 2.24) is 10.3 Å². The van der Waals surface area contributed by atoms with Crippen LogP contribution in [0.1, 0.15) is 63.4 Å². The Bertz CT molecular complexity index is 1220. The molecule has 5 nitrogen and oxygen atoms in total. The number of anilines is 1. The van der Waals surface area contributed by atoms with E-state index in [0.29, 0.717) is 16.6 Å². The molecule has 0 aliphatic heterocycles. The summed E-state index contributed by atoms with van der Waals surface area (Å²) in [5, 5.41) is 6.47. The van der Waals surface area contributed by atoms with Crippen LogP contribution in [0.15, 0.2) is 30.3 Å².